The van der Waals surface area contributed by atoms with Crippen LogP contribution in [-0.4, -0.2) is 41.4 Å². The van der Waals surface area contributed by atoms with E-state index >= 15 is 0 Å². The normalized spacial score (nSPS) is 20.8. The van der Waals surface area contributed by atoms with Crippen molar-refractivity contribution >= 4 is 17.3 Å². The minimum absolute atomic E-state index is 0.0538. The molecule has 0 spiro atoms. The Labute approximate surface area is 65.6 Å². The monoisotopic (exact) mass is 160 g/mol. The van der Waals surface area contributed by atoms with Crippen molar-refractivity contribution < 1.29 is 9.84 Å². The van der Waals surface area contributed by atoms with Crippen molar-refractivity contribution in [2.45, 2.75) is 0 Å². The van der Waals surface area contributed by atoms with Gasteiger partial charge < -0.3 is 9.84 Å². The van der Waals surface area contributed by atoms with E-state index in [9.17, 15) is 0 Å². The molecule has 1 N–H and O–H groups in total. The van der Waals surface area contributed by atoms with E-state index < -0.39 is 0 Å². The first-order valence-electron chi connectivity index (χ1n) is 3.18. The number of aliphatic hydroxyl groups is 1. The highest BCUT2D eigenvalue weighted by molar-refractivity contribution is 7.80. The Bertz CT molecular complexity index is 123. The van der Waals surface area contributed by atoms with E-state index in [-0.39, 0.29) is 5.05 Å². The van der Waals surface area contributed by atoms with Crippen molar-refractivity contribution in [3.8, 4) is 0 Å². The maximum absolute atomic E-state index is 8.70. The van der Waals surface area contributed by atoms with Crippen LogP contribution in [0, 0.1) is 6.54 Å². The van der Waals surface area contributed by atoms with Crippen LogP contribution in [0.5, 0.6) is 0 Å². The summed E-state index contributed by atoms with van der Waals surface area (Å²) in [6.45, 7) is 4.65. The minimum Gasteiger partial charge on any atom is -0.501 e. The van der Waals surface area contributed by atoms with Crippen molar-refractivity contribution in [1.82, 2.24) is 4.90 Å². The van der Waals surface area contributed by atoms with Crippen LogP contribution in [0.2, 0.25) is 0 Å². The second-order valence-electron chi connectivity index (χ2n) is 2.12. The topological polar surface area (TPSA) is 32.7 Å². The number of rotatable bonds is 2. The maximum atomic E-state index is 8.70. The molecule has 0 aromatic carbocycles. The second kappa shape index (κ2) is 3.85. The average molecular weight is 160 g/mol. The van der Waals surface area contributed by atoms with E-state index in [4.69, 9.17) is 9.84 Å². The molecule has 0 aromatic heterocycles. The molecule has 0 saturated carbocycles. The van der Waals surface area contributed by atoms with Gasteiger partial charge in [0.15, 0.2) is 5.05 Å². The van der Waals surface area contributed by atoms with Crippen molar-refractivity contribution in [1.29, 1.82) is 0 Å². The van der Waals surface area contributed by atoms with Crippen LogP contribution < -0.4 is 0 Å². The zero-order valence-corrected chi connectivity index (χ0v) is 6.43. The van der Waals surface area contributed by atoms with Gasteiger partial charge in [0.05, 0.1) is 13.2 Å². The molecule has 1 aliphatic rings. The third-order valence-corrected chi connectivity index (χ3v) is 1.44. The molecule has 1 radical (unpaired) electrons. The highest BCUT2D eigenvalue weighted by atomic mass is 32.1. The molecule has 1 heterocycles. The Kier molecular flexibility index (Phi) is 3.05. The van der Waals surface area contributed by atoms with Gasteiger partial charge in [0, 0.05) is 13.1 Å². The average Bonchev–Trinajstić information content (AvgIpc) is 1.88. The SMILES string of the molecule is OC(=S)[CH]N1CCOCC1. The van der Waals surface area contributed by atoms with Crippen molar-refractivity contribution in [2.75, 3.05) is 26.3 Å². The molecule has 0 atom stereocenters. The van der Waals surface area contributed by atoms with E-state index in [0.29, 0.717) is 0 Å². The van der Waals surface area contributed by atoms with Gasteiger partial charge in [0.25, 0.3) is 0 Å². The van der Waals surface area contributed by atoms with Gasteiger partial charge >= 0.3 is 0 Å². The van der Waals surface area contributed by atoms with Gasteiger partial charge in [-0.05, 0) is 12.2 Å². The minimum atomic E-state index is -0.0538. The number of thiocarbonyl (C=S) groups is 1. The smallest absolute Gasteiger partial charge is 0.176 e. The zero-order chi connectivity index (χ0) is 7.40. The summed E-state index contributed by atoms with van der Waals surface area (Å²) in [5.74, 6) is 0. The highest BCUT2D eigenvalue weighted by Gasteiger charge is 2.11. The van der Waals surface area contributed by atoms with E-state index in [1.54, 1.807) is 6.54 Å². The number of nitrogens with zero attached hydrogens (tertiary/aromatic N) is 1. The summed E-state index contributed by atoms with van der Waals surface area (Å²) in [5.41, 5.74) is 0. The fourth-order valence-corrected chi connectivity index (χ4v) is 1.01. The van der Waals surface area contributed by atoms with Crippen LogP contribution in [0.4, 0.5) is 0 Å². The van der Waals surface area contributed by atoms with Crippen molar-refractivity contribution in [3.63, 3.8) is 0 Å². The number of hydrogen-bond donors (Lipinski definition) is 1. The lowest BCUT2D eigenvalue weighted by atomic mass is 10.4. The first-order valence-corrected chi connectivity index (χ1v) is 3.59. The van der Waals surface area contributed by atoms with Gasteiger partial charge in [-0.25, -0.2) is 0 Å². The first kappa shape index (κ1) is 7.91. The Morgan fingerprint density at radius 1 is 1.50 bits per heavy atom. The molecule has 1 fully saturated rings. The Balaban J connectivity index is 2.19. The molecule has 3 nitrogen and oxygen atoms in total. The first-order chi connectivity index (χ1) is 4.79. The molecule has 0 aromatic rings. The summed E-state index contributed by atoms with van der Waals surface area (Å²) in [6.07, 6.45) is 0. The molecule has 0 bridgehead atoms. The molecule has 10 heavy (non-hydrogen) atoms. The third-order valence-electron chi connectivity index (χ3n) is 1.34. The summed E-state index contributed by atoms with van der Waals surface area (Å²) >= 11 is 4.49. The summed E-state index contributed by atoms with van der Waals surface area (Å²) in [4.78, 5) is 1.95. The van der Waals surface area contributed by atoms with Crippen LogP contribution in [0.15, 0.2) is 0 Å². The van der Waals surface area contributed by atoms with Gasteiger partial charge in [0.1, 0.15) is 6.54 Å². The molecule has 1 aliphatic heterocycles. The molecular formula is C6H10NO2S. The number of aliphatic hydroxyl groups excluding tert-OH is 1. The maximum Gasteiger partial charge on any atom is 0.176 e. The van der Waals surface area contributed by atoms with Gasteiger partial charge in [0.2, 0.25) is 0 Å². The summed E-state index contributed by atoms with van der Waals surface area (Å²) in [7, 11) is 0. The van der Waals surface area contributed by atoms with Crippen LogP contribution in [0.3, 0.4) is 0 Å². The van der Waals surface area contributed by atoms with E-state index in [0.717, 1.165) is 26.3 Å². The Morgan fingerprint density at radius 2 is 2.10 bits per heavy atom. The lowest BCUT2D eigenvalue weighted by molar-refractivity contribution is 0.0541. The molecule has 57 valence electrons. The molecule has 1 saturated heterocycles. The molecule has 0 amide bonds. The summed E-state index contributed by atoms with van der Waals surface area (Å²) in [5, 5.41) is 8.64. The number of ether oxygens (including phenoxy) is 1. The third kappa shape index (κ3) is 2.60. The van der Waals surface area contributed by atoms with Crippen LogP contribution >= 0.6 is 12.2 Å². The van der Waals surface area contributed by atoms with Crippen LogP contribution in [0.25, 0.3) is 0 Å². The Hall–Kier alpha value is -0.190. The Morgan fingerprint density at radius 3 is 2.60 bits per heavy atom. The van der Waals surface area contributed by atoms with E-state index in [1.165, 1.54) is 0 Å². The molecule has 0 aliphatic carbocycles. The predicted octanol–water partition coefficient (Wildman–Crippen LogP) is 0.366. The predicted molar refractivity (Wildman–Crippen MR) is 41.9 cm³/mol. The largest absolute Gasteiger partial charge is 0.501 e. The molecular weight excluding hydrogens is 150 g/mol. The second-order valence-corrected chi connectivity index (χ2v) is 2.53. The summed E-state index contributed by atoms with van der Waals surface area (Å²) < 4.78 is 5.09. The molecule has 4 heteroatoms. The fourth-order valence-electron chi connectivity index (χ4n) is 0.863. The van der Waals surface area contributed by atoms with E-state index in [2.05, 4.69) is 12.2 Å². The standard InChI is InChI=1S/C6H10NO2S/c8-6(10)5-7-1-3-9-4-2-7/h5H,1-4H2,(H,8,10). The van der Waals surface area contributed by atoms with Gasteiger partial charge in [-0.2, -0.15) is 0 Å². The molecule has 1 rings (SSSR count). The molecule has 0 unspecified atom stereocenters. The quantitative estimate of drug-likeness (QED) is 0.591. The lowest BCUT2D eigenvalue weighted by Gasteiger charge is -2.24. The highest BCUT2D eigenvalue weighted by Crippen LogP contribution is 1.99. The number of morpholine rings is 1. The van der Waals surface area contributed by atoms with Crippen LogP contribution in [0.1, 0.15) is 0 Å². The number of hydrogen-bond acceptors (Lipinski definition) is 3. The zero-order valence-electron chi connectivity index (χ0n) is 5.62. The van der Waals surface area contributed by atoms with Gasteiger partial charge in [-0.15, -0.1) is 0 Å². The van der Waals surface area contributed by atoms with Gasteiger partial charge in [-0.1, -0.05) is 0 Å². The summed E-state index contributed by atoms with van der Waals surface area (Å²) in [6, 6.07) is 0. The van der Waals surface area contributed by atoms with Crippen molar-refractivity contribution in [2.24, 2.45) is 0 Å². The van der Waals surface area contributed by atoms with Crippen molar-refractivity contribution in [3.05, 3.63) is 6.54 Å². The van der Waals surface area contributed by atoms with Crippen LogP contribution in [-0.2, 0) is 4.74 Å². The van der Waals surface area contributed by atoms with Gasteiger partial charge in [-0.3, -0.25) is 4.90 Å². The van der Waals surface area contributed by atoms with E-state index in [1.807, 2.05) is 4.90 Å². The lowest BCUT2D eigenvalue weighted by Crippen LogP contribution is -2.35. The fraction of sp³-hybridized carbons (Fsp3) is 0.667.